The van der Waals surface area contributed by atoms with E-state index in [-0.39, 0.29) is 24.8 Å². The van der Waals surface area contributed by atoms with Crippen molar-refractivity contribution in [1.82, 2.24) is 9.97 Å². The van der Waals surface area contributed by atoms with Gasteiger partial charge in [0.1, 0.15) is 12.1 Å². The molecule has 0 spiro atoms. The van der Waals surface area contributed by atoms with Gasteiger partial charge in [0, 0.05) is 30.9 Å². The minimum absolute atomic E-state index is 0. The summed E-state index contributed by atoms with van der Waals surface area (Å²) in [6.45, 7) is 3.90. The maximum absolute atomic E-state index is 5.82. The van der Waals surface area contributed by atoms with Crippen LogP contribution in [0.15, 0.2) is 12.4 Å². The van der Waals surface area contributed by atoms with Gasteiger partial charge in [0.15, 0.2) is 0 Å². The van der Waals surface area contributed by atoms with Crippen molar-refractivity contribution in [3.63, 3.8) is 0 Å². The zero-order valence-electron chi connectivity index (χ0n) is 8.59. The fourth-order valence-electron chi connectivity index (χ4n) is 1.61. The summed E-state index contributed by atoms with van der Waals surface area (Å²) in [5.41, 5.74) is 6.82. The Kier molecular flexibility index (Phi) is 5.87. The fraction of sp³-hybridized carbons (Fsp3) is 0.556. The summed E-state index contributed by atoms with van der Waals surface area (Å²) in [5.74, 6) is 1.00. The van der Waals surface area contributed by atoms with Crippen molar-refractivity contribution >= 4 is 30.6 Å². The molecule has 0 bridgehead atoms. The lowest BCUT2D eigenvalue weighted by molar-refractivity contribution is 0.751. The summed E-state index contributed by atoms with van der Waals surface area (Å²) in [7, 11) is 0. The molecule has 0 radical (unpaired) electrons. The number of nitrogens with two attached hydrogens (primary N) is 1. The van der Waals surface area contributed by atoms with Crippen LogP contribution >= 0.6 is 24.8 Å². The van der Waals surface area contributed by atoms with Gasteiger partial charge in [0.2, 0.25) is 0 Å². The number of aromatic nitrogens is 2. The molecular formula is C9H16Cl2N4. The summed E-state index contributed by atoms with van der Waals surface area (Å²) in [6.07, 6.45) is 2.66. The molecule has 6 heteroatoms. The third-order valence-corrected chi connectivity index (χ3v) is 2.34. The Labute approximate surface area is 102 Å². The lowest BCUT2D eigenvalue weighted by Gasteiger charge is -2.16. The van der Waals surface area contributed by atoms with Gasteiger partial charge in [0.05, 0.1) is 0 Å². The molecule has 4 nitrogen and oxygen atoms in total. The zero-order chi connectivity index (χ0) is 9.26. The van der Waals surface area contributed by atoms with Crippen molar-refractivity contribution in [1.29, 1.82) is 0 Å². The van der Waals surface area contributed by atoms with Gasteiger partial charge in [-0.3, -0.25) is 0 Å². The van der Waals surface area contributed by atoms with Crippen molar-refractivity contribution in [2.75, 3.05) is 18.0 Å². The number of rotatable bonds is 1. The maximum Gasteiger partial charge on any atom is 0.132 e. The summed E-state index contributed by atoms with van der Waals surface area (Å²) >= 11 is 0. The minimum atomic E-state index is 0. The molecule has 2 heterocycles. The van der Waals surface area contributed by atoms with Gasteiger partial charge >= 0.3 is 0 Å². The van der Waals surface area contributed by atoms with Crippen molar-refractivity contribution < 1.29 is 0 Å². The molecule has 1 fully saturated rings. The summed E-state index contributed by atoms with van der Waals surface area (Å²) in [4.78, 5) is 10.5. The van der Waals surface area contributed by atoms with E-state index in [0.717, 1.165) is 31.0 Å². The first-order valence-corrected chi connectivity index (χ1v) is 4.55. The Bertz CT molecular complexity index is 308. The van der Waals surface area contributed by atoms with Crippen LogP contribution in [0.3, 0.4) is 0 Å². The quantitative estimate of drug-likeness (QED) is 0.813. The largest absolute Gasteiger partial charge is 0.355 e. The average molecular weight is 251 g/mol. The van der Waals surface area contributed by atoms with E-state index in [9.17, 15) is 0 Å². The van der Waals surface area contributed by atoms with Gasteiger partial charge in [-0.05, 0) is 13.3 Å². The Morgan fingerprint density at radius 1 is 1.40 bits per heavy atom. The second kappa shape index (κ2) is 6.10. The topological polar surface area (TPSA) is 55.0 Å². The molecule has 0 saturated carbocycles. The molecule has 0 aliphatic carbocycles. The van der Waals surface area contributed by atoms with Crippen LogP contribution in [0.2, 0.25) is 0 Å². The Morgan fingerprint density at radius 2 is 2.13 bits per heavy atom. The Balaban J connectivity index is 0.000000980. The van der Waals surface area contributed by atoms with E-state index in [1.807, 2.05) is 13.0 Å². The Morgan fingerprint density at radius 3 is 2.67 bits per heavy atom. The van der Waals surface area contributed by atoms with Crippen LogP contribution in [-0.4, -0.2) is 29.1 Å². The molecule has 1 aliphatic heterocycles. The van der Waals surface area contributed by atoms with Crippen LogP contribution in [0.4, 0.5) is 5.82 Å². The lowest BCUT2D eigenvalue weighted by Crippen LogP contribution is -2.26. The molecule has 1 atom stereocenters. The molecule has 1 aromatic rings. The monoisotopic (exact) mass is 250 g/mol. The van der Waals surface area contributed by atoms with Gasteiger partial charge in [0.25, 0.3) is 0 Å². The second-order valence-electron chi connectivity index (χ2n) is 3.51. The molecule has 15 heavy (non-hydrogen) atoms. The summed E-state index contributed by atoms with van der Waals surface area (Å²) in [6, 6.07) is 2.30. The number of anilines is 1. The van der Waals surface area contributed by atoms with Crippen LogP contribution < -0.4 is 10.6 Å². The molecule has 1 aliphatic rings. The predicted molar refractivity (Wildman–Crippen MR) is 66.1 cm³/mol. The predicted octanol–water partition coefficient (Wildman–Crippen LogP) is 1.17. The third-order valence-electron chi connectivity index (χ3n) is 2.34. The van der Waals surface area contributed by atoms with Gasteiger partial charge < -0.3 is 10.6 Å². The highest BCUT2D eigenvalue weighted by molar-refractivity contribution is 5.85. The Hall–Kier alpha value is -0.580. The van der Waals surface area contributed by atoms with E-state index in [1.54, 1.807) is 6.33 Å². The number of nitrogens with zero attached hydrogens (tertiary/aromatic N) is 3. The summed E-state index contributed by atoms with van der Waals surface area (Å²) < 4.78 is 0. The van der Waals surface area contributed by atoms with E-state index >= 15 is 0 Å². The zero-order valence-corrected chi connectivity index (χ0v) is 10.2. The number of halogens is 2. The van der Waals surface area contributed by atoms with Gasteiger partial charge in [-0.25, -0.2) is 9.97 Å². The molecule has 0 aromatic carbocycles. The van der Waals surface area contributed by atoms with Crippen LogP contribution in [0.5, 0.6) is 0 Å². The highest BCUT2D eigenvalue weighted by Gasteiger charge is 2.19. The first-order chi connectivity index (χ1) is 6.25. The smallest absolute Gasteiger partial charge is 0.132 e. The highest BCUT2D eigenvalue weighted by Crippen LogP contribution is 2.16. The minimum Gasteiger partial charge on any atom is -0.355 e. The molecule has 1 saturated heterocycles. The van der Waals surface area contributed by atoms with Crippen LogP contribution in [0.1, 0.15) is 12.1 Å². The molecule has 2 N–H and O–H groups in total. The summed E-state index contributed by atoms with van der Waals surface area (Å²) in [5, 5.41) is 0. The van der Waals surface area contributed by atoms with E-state index in [0.29, 0.717) is 6.04 Å². The molecule has 1 aromatic heterocycles. The van der Waals surface area contributed by atoms with E-state index in [2.05, 4.69) is 14.9 Å². The first kappa shape index (κ1) is 14.4. The second-order valence-corrected chi connectivity index (χ2v) is 3.51. The number of aryl methyl sites for hydroxylation is 1. The van der Waals surface area contributed by atoms with Crippen LogP contribution in [0, 0.1) is 6.92 Å². The van der Waals surface area contributed by atoms with Crippen LogP contribution in [0.25, 0.3) is 0 Å². The van der Waals surface area contributed by atoms with Crippen molar-refractivity contribution in [2.24, 2.45) is 5.73 Å². The fourth-order valence-corrected chi connectivity index (χ4v) is 1.61. The molecule has 86 valence electrons. The molecule has 0 amide bonds. The lowest BCUT2D eigenvalue weighted by atomic mass is 10.3. The van der Waals surface area contributed by atoms with E-state index < -0.39 is 0 Å². The molecule has 1 unspecified atom stereocenters. The van der Waals surface area contributed by atoms with Gasteiger partial charge in [-0.1, -0.05) is 0 Å². The number of hydrogen-bond donors (Lipinski definition) is 1. The highest BCUT2D eigenvalue weighted by atomic mass is 35.5. The van der Waals surface area contributed by atoms with Crippen molar-refractivity contribution in [2.45, 2.75) is 19.4 Å². The third kappa shape index (κ3) is 3.48. The average Bonchev–Trinajstić information content (AvgIpc) is 2.52. The first-order valence-electron chi connectivity index (χ1n) is 4.55. The number of hydrogen-bond acceptors (Lipinski definition) is 4. The van der Waals surface area contributed by atoms with Gasteiger partial charge in [-0.15, -0.1) is 24.8 Å². The molecule has 2 rings (SSSR count). The normalized spacial score (nSPS) is 19.3. The molecular weight excluding hydrogens is 235 g/mol. The standard InChI is InChI=1S/C9H14N4.2ClH/c1-7-4-9(12-6-11-7)13-3-2-8(10)5-13;;/h4,6,8H,2-3,5,10H2,1H3;2*1H. The maximum atomic E-state index is 5.82. The van der Waals surface area contributed by atoms with Crippen molar-refractivity contribution in [3.05, 3.63) is 18.1 Å². The SMILES string of the molecule is Cc1cc(N2CCC(N)C2)ncn1.Cl.Cl. The van der Waals surface area contributed by atoms with E-state index in [4.69, 9.17) is 5.73 Å². The van der Waals surface area contributed by atoms with Gasteiger partial charge in [-0.2, -0.15) is 0 Å². The van der Waals surface area contributed by atoms with Crippen molar-refractivity contribution in [3.8, 4) is 0 Å². The van der Waals surface area contributed by atoms with E-state index in [1.165, 1.54) is 0 Å². The van der Waals surface area contributed by atoms with Crippen LogP contribution in [-0.2, 0) is 0 Å².